The smallest absolute Gasteiger partial charge is 0.251 e. The molecule has 130 valence electrons. The van der Waals surface area contributed by atoms with Gasteiger partial charge in [0.2, 0.25) is 0 Å². The Bertz CT molecular complexity index is 756. The van der Waals surface area contributed by atoms with Gasteiger partial charge in [0, 0.05) is 17.9 Å². The van der Waals surface area contributed by atoms with E-state index in [0.29, 0.717) is 17.4 Å². The summed E-state index contributed by atoms with van der Waals surface area (Å²) in [4.78, 5) is 13.0. The summed E-state index contributed by atoms with van der Waals surface area (Å²) in [7, 11) is -3.31. The van der Waals surface area contributed by atoms with Gasteiger partial charge in [0.15, 0.2) is 9.84 Å². The van der Waals surface area contributed by atoms with E-state index in [-0.39, 0.29) is 16.8 Å². The number of rotatable bonds is 3. The lowest BCUT2D eigenvalue weighted by Gasteiger charge is -2.54. The van der Waals surface area contributed by atoms with Gasteiger partial charge in [-0.05, 0) is 80.4 Å². The van der Waals surface area contributed by atoms with E-state index in [2.05, 4.69) is 5.32 Å². The lowest BCUT2D eigenvalue weighted by Crippen LogP contribution is -2.55. The van der Waals surface area contributed by atoms with Crippen LogP contribution in [0.4, 0.5) is 0 Å². The number of carbonyl (C=O) groups excluding carboxylic acids is 1. The minimum Gasteiger partial charge on any atom is -0.349 e. The third-order valence-corrected chi connectivity index (χ3v) is 7.52. The fourth-order valence-electron chi connectivity index (χ4n) is 5.47. The van der Waals surface area contributed by atoms with Gasteiger partial charge in [-0.3, -0.25) is 4.79 Å². The quantitative estimate of drug-likeness (QED) is 0.914. The van der Waals surface area contributed by atoms with E-state index in [0.717, 1.165) is 17.4 Å². The molecule has 0 aliphatic heterocycles. The minimum absolute atomic E-state index is 0.115. The van der Waals surface area contributed by atoms with Gasteiger partial charge < -0.3 is 5.32 Å². The fourth-order valence-corrected chi connectivity index (χ4v) is 6.11. The number of aryl methyl sites for hydroxylation is 1. The summed E-state index contributed by atoms with van der Waals surface area (Å²) < 4.78 is 23.6. The number of sulfone groups is 1. The van der Waals surface area contributed by atoms with E-state index in [9.17, 15) is 13.2 Å². The molecule has 4 aliphatic rings. The van der Waals surface area contributed by atoms with Gasteiger partial charge >= 0.3 is 0 Å². The Morgan fingerprint density at radius 2 is 1.62 bits per heavy atom. The van der Waals surface area contributed by atoms with Crippen molar-refractivity contribution < 1.29 is 13.2 Å². The Kier molecular flexibility index (Phi) is 3.75. The maximum Gasteiger partial charge on any atom is 0.251 e. The van der Waals surface area contributed by atoms with Crippen molar-refractivity contribution >= 4 is 15.7 Å². The summed E-state index contributed by atoms with van der Waals surface area (Å²) in [6.45, 7) is 1.86. The zero-order chi connectivity index (χ0) is 17.1. The molecule has 0 saturated heterocycles. The fraction of sp³-hybridized carbons (Fsp3) is 0.632. The van der Waals surface area contributed by atoms with Crippen molar-refractivity contribution in [2.24, 2.45) is 23.7 Å². The van der Waals surface area contributed by atoms with Crippen molar-refractivity contribution in [3.05, 3.63) is 29.3 Å². The summed E-state index contributed by atoms with van der Waals surface area (Å²) >= 11 is 0. The van der Waals surface area contributed by atoms with E-state index >= 15 is 0 Å². The first-order valence-corrected chi connectivity index (χ1v) is 10.8. The lowest BCUT2D eigenvalue weighted by atomic mass is 9.54. The topological polar surface area (TPSA) is 63.2 Å². The molecule has 1 aromatic carbocycles. The third-order valence-electron chi connectivity index (χ3n) is 6.41. The van der Waals surface area contributed by atoms with E-state index < -0.39 is 9.84 Å². The highest BCUT2D eigenvalue weighted by Gasteiger charge is 2.48. The van der Waals surface area contributed by atoms with Gasteiger partial charge in [-0.2, -0.15) is 0 Å². The van der Waals surface area contributed by atoms with E-state index in [1.807, 2.05) is 6.92 Å². The minimum atomic E-state index is -3.31. The molecule has 0 heterocycles. The summed E-state index contributed by atoms with van der Waals surface area (Å²) in [5.41, 5.74) is 1.32. The van der Waals surface area contributed by atoms with Gasteiger partial charge in [0.25, 0.3) is 5.91 Å². The normalized spacial score (nSPS) is 34.3. The van der Waals surface area contributed by atoms with Crippen molar-refractivity contribution in [3.8, 4) is 0 Å². The largest absolute Gasteiger partial charge is 0.349 e. The second-order valence-corrected chi connectivity index (χ2v) is 10.2. The number of hydrogen-bond donors (Lipinski definition) is 1. The third kappa shape index (κ3) is 2.77. The van der Waals surface area contributed by atoms with Crippen molar-refractivity contribution in [2.75, 3.05) is 6.26 Å². The average molecular weight is 347 g/mol. The van der Waals surface area contributed by atoms with Crippen LogP contribution in [0.2, 0.25) is 0 Å². The summed E-state index contributed by atoms with van der Waals surface area (Å²) in [5.74, 6) is 2.86. The molecule has 4 bridgehead atoms. The molecule has 24 heavy (non-hydrogen) atoms. The maximum absolute atomic E-state index is 12.8. The molecule has 4 saturated carbocycles. The molecule has 0 spiro atoms. The molecule has 4 aliphatic carbocycles. The predicted molar refractivity (Wildman–Crippen MR) is 92.6 cm³/mol. The van der Waals surface area contributed by atoms with Crippen LogP contribution in [-0.2, 0) is 9.84 Å². The van der Waals surface area contributed by atoms with Gasteiger partial charge in [0.1, 0.15) is 0 Å². The first-order valence-electron chi connectivity index (χ1n) is 8.93. The number of hydrogen-bond acceptors (Lipinski definition) is 3. The Balaban J connectivity index is 1.57. The van der Waals surface area contributed by atoms with E-state index in [1.165, 1.54) is 44.4 Å². The molecule has 1 amide bonds. The molecule has 0 radical (unpaired) electrons. The van der Waals surface area contributed by atoms with Crippen LogP contribution in [0.5, 0.6) is 0 Å². The molecule has 5 rings (SSSR count). The predicted octanol–water partition coefficient (Wildman–Crippen LogP) is 2.95. The zero-order valence-electron chi connectivity index (χ0n) is 14.3. The number of nitrogens with one attached hydrogen (secondary N) is 1. The molecule has 0 atom stereocenters. The number of benzene rings is 1. The Hall–Kier alpha value is -1.36. The summed E-state index contributed by atoms with van der Waals surface area (Å²) in [5, 5.41) is 3.26. The standard InChI is InChI=1S/C19H25NO3S/c1-11-3-4-16(24(2,22)23)10-17(11)19(21)20-18-14-6-12-5-13(8-14)9-15(18)7-12/h3-4,10,12-15,18H,5-9H2,1-2H3,(H,20,21). The number of amides is 1. The highest BCUT2D eigenvalue weighted by molar-refractivity contribution is 7.90. The van der Waals surface area contributed by atoms with Crippen LogP contribution < -0.4 is 5.32 Å². The molecule has 0 unspecified atom stereocenters. The molecular weight excluding hydrogens is 322 g/mol. The highest BCUT2D eigenvalue weighted by atomic mass is 32.2. The summed E-state index contributed by atoms with van der Waals surface area (Å²) in [6.07, 6.45) is 7.57. The van der Waals surface area contributed by atoms with Gasteiger partial charge in [-0.25, -0.2) is 8.42 Å². The van der Waals surface area contributed by atoms with Crippen LogP contribution in [0.15, 0.2) is 23.1 Å². The molecule has 4 nitrogen and oxygen atoms in total. The second-order valence-electron chi connectivity index (χ2n) is 8.18. The first kappa shape index (κ1) is 16.1. The molecule has 0 aromatic heterocycles. The Labute approximate surface area is 143 Å². The van der Waals surface area contributed by atoms with Crippen LogP contribution in [0.1, 0.15) is 48.0 Å². The zero-order valence-corrected chi connectivity index (χ0v) is 15.1. The first-order chi connectivity index (χ1) is 11.3. The van der Waals surface area contributed by atoms with Gasteiger partial charge in [0.05, 0.1) is 4.90 Å². The molecule has 1 N–H and O–H groups in total. The van der Waals surface area contributed by atoms with Crippen molar-refractivity contribution in [1.29, 1.82) is 0 Å². The van der Waals surface area contributed by atoms with Crippen molar-refractivity contribution in [3.63, 3.8) is 0 Å². The molecular formula is C19H25NO3S. The van der Waals surface area contributed by atoms with Crippen LogP contribution >= 0.6 is 0 Å². The Morgan fingerprint density at radius 3 is 2.17 bits per heavy atom. The Morgan fingerprint density at radius 1 is 1.04 bits per heavy atom. The van der Waals surface area contributed by atoms with E-state index in [4.69, 9.17) is 0 Å². The van der Waals surface area contributed by atoms with Crippen molar-refractivity contribution in [1.82, 2.24) is 5.32 Å². The van der Waals surface area contributed by atoms with Crippen LogP contribution in [0.3, 0.4) is 0 Å². The second kappa shape index (κ2) is 5.58. The maximum atomic E-state index is 12.8. The molecule has 4 fully saturated rings. The summed E-state index contributed by atoms with van der Waals surface area (Å²) in [6, 6.07) is 5.09. The number of carbonyl (C=O) groups is 1. The van der Waals surface area contributed by atoms with Crippen LogP contribution in [0, 0.1) is 30.6 Å². The van der Waals surface area contributed by atoms with Gasteiger partial charge in [-0.1, -0.05) is 6.07 Å². The van der Waals surface area contributed by atoms with Crippen LogP contribution in [-0.4, -0.2) is 26.6 Å². The average Bonchev–Trinajstić information content (AvgIpc) is 2.49. The highest BCUT2D eigenvalue weighted by Crippen LogP contribution is 2.53. The van der Waals surface area contributed by atoms with Crippen molar-refractivity contribution in [2.45, 2.75) is 50.0 Å². The molecule has 5 heteroatoms. The molecule has 1 aromatic rings. The van der Waals surface area contributed by atoms with Gasteiger partial charge in [-0.15, -0.1) is 0 Å². The van der Waals surface area contributed by atoms with E-state index in [1.54, 1.807) is 12.1 Å². The van der Waals surface area contributed by atoms with Crippen LogP contribution in [0.25, 0.3) is 0 Å². The lowest BCUT2D eigenvalue weighted by molar-refractivity contribution is -0.0119. The SMILES string of the molecule is Cc1ccc(S(C)(=O)=O)cc1C(=O)NC1C2CC3CC(C2)CC1C3. The monoisotopic (exact) mass is 347 g/mol.